The molecule has 1 aliphatic heterocycles. The van der Waals surface area contributed by atoms with Crippen molar-refractivity contribution in [3.8, 4) is 0 Å². The Labute approximate surface area is 141 Å². The number of carbonyl (C=O) groups excluding carboxylic acids is 1. The van der Waals surface area contributed by atoms with Crippen molar-refractivity contribution in [2.75, 3.05) is 33.9 Å². The van der Waals surface area contributed by atoms with Crippen LogP contribution in [0.3, 0.4) is 0 Å². The number of aliphatic hydroxyl groups is 1. The van der Waals surface area contributed by atoms with Crippen LogP contribution in [0.25, 0.3) is 0 Å². The normalized spacial score (nSPS) is 17.5. The summed E-state index contributed by atoms with van der Waals surface area (Å²) in [5.74, 6) is 0. The first kappa shape index (κ1) is 18.2. The summed E-state index contributed by atoms with van der Waals surface area (Å²) in [5, 5.41) is 13.0. The highest BCUT2D eigenvalue weighted by Crippen LogP contribution is 2.37. The van der Waals surface area contributed by atoms with Gasteiger partial charge >= 0.3 is 6.09 Å². The highest BCUT2D eigenvalue weighted by atomic mass is 32.1. The van der Waals surface area contributed by atoms with Gasteiger partial charge in [0.2, 0.25) is 0 Å². The first-order valence-corrected chi connectivity index (χ1v) is 8.68. The van der Waals surface area contributed by atoms with Crippen LogP contribution >= 0.6 is 11.3 Å². The highest BCUT2D eigenvalue weighted by molar-refractivity contribution is 7.10. The molecule has 1 aliphatic rings. The molecule has 0 unspecified atom stereocenters. The molecule has 1 N–H and O–H groups in total. The summed E-state index contributed by atoms with van der Waals surface area (Å²) in [6.45, 7) is 3.13. The number of likely N-dealkylation sites (tertiary alicyclic amines) is 1. The molecule has 0 aromatic carbocycles. The SMILES string of the molecule is CCOC(=O)N1CCC(O)(c2ccsc2CC(OC)OC)CC1. The van der Waals surface area contributed by atoms with Gasteiger partial charge in [-0.1, -0.05) is 0 Å². The van der Waals surface area contributed by atoms with E-state index >= 15 is 0 Å². The zero-order chi connectivity index (χ0) is 16.9. The standard InChI is InChI=1S/C16H25NO5S/c1-4-22-15(18)17-8-6-16(19,7-9-17)12-5-10-23-13(12)11-14(20-2)21-3/h5,10,14,19H,4,6-9,11H2,1-3H3. The van der Waals surface area contributed by atoms with Crippen molar-refractivity contribution in [1.82, 2.24) is 4.90 Å². The molecule has 0 aliphatic carbocycles. The number of rotatable bonds is 6. The molecule has 2 rings (SSSR count). The van der Waals surface area contributed by atoms with Gasteiger partial charge in [0.05, 0.1) is 12.2 Å². The fourth-order valence-corrected chi connectivity index (χ4v) is 3.86. The summed E-state index contributed by atoms with van der Waals surface area (Å²) in [6, 6.07) is 1.96. The van der Waals surface area contributed by atoms with Gasteiger partial charge in [-0.3, -0.25) is 0 Å². The molecule has 0 spiro atoms. The van der Waals surface area contributed by atoms with Crippen LogP contribution in [0.5, 0.6) is 0 Å². The summed E-state index contributed by atoms with van der Waals surface area (Å²) in [7, 11) is 3.21. The molecule has 0 bridgehead atoms. The van der Waals surface area contributed by atoms with Crippen LogP contribution in [0.2, 0.25) is 0 Å². The van der Waals surface area contributed by atoms with E-state index in [1.165, 1.54) is 0 Å². The predicted octanol–water partition coefficient (Wildman–Crippen LogP) is 2.35. The summed E-state index contributed by atoms with van der Waals surface area (Å²) in [6.07, 6.45) is 0.971. The van der Waals surface area contributed by atoms with Crippen LogP contribution in [0, 0.1) is 0 Å². The molecule has 1 amide bonds. The van der Waals surface area contributed by atoms with Gasteiger partial charge in [-0.15, -0.1) is 11.3 Å². The average Bonchev–Trinajstić information content (AvgIpc) is 3.02. The first-order valence-electron chi connectivity index (χ1n) is 7.80. The quantitative estimate of drug-likeness (QED) is 0.803. The van der Waals surface area contributed by atoms with E-state index in [0.29, 0.717) is 39.0 Å². The van der Waals surface area contributed by atoms with Crippen LogP contribution in [-0.2, 0) is 26.2 Å². The highest BCUT2D eigenvalue weighted by Gasteiger charge is 2.38. The number of hydrogen-bond donors (Lipinski definition) is 1. The van der Waals surface area contributed by atoms with Crippen molar-refractivity contribution in [1.29, 1.82) is 0 Å². The van der Waals surface area contributed by atoms with E-state index in [1.807, 2.05) is 11.4 Å². The van der Waals surface area contributed by atoms with Gasteiger partial charge in [0.1, 0.15) is 0 Å². The fourth-order valence-electron chi connectivity index (χ4n) is 2.87. The number of amides is 1. The summed E-state index contributed by atoms with van der Waals surface area (Å²) >= 11 is 1.59. The van der Waals surface area contributed by atoms with Crippen LogP contribution in [0.1, 0.15) is 30.2 Å². The molecule has 1 saturated heterocycles. The molecule has 6 nitrogen and oxygen atoms in total. The van der Waals surface area contributed by atoms with Crippen molar-refractivity contribution >= 4 is 17.4 Å². The summed E-state index contributed by atoms with van der Waals surface area (Å²) < 4.78 is 15.5. The van der Waals surface area contributed by atoms with E-state index < -0.39 is 5.60 Å². The second-order valence-corrected chi connectivity index (χ2v) is 6.58. The Morgan fingerprint density at radius 2 is 2.04 bits per heavy atom. The third-order valence-electron chi connectivity index (χ3n) is 4.24. The van der Waals surface area contributed by atoms with Crippen LogP contribution in [-0.4, -0.2) is 56.3 Å². The molecule has 1 aromatic rings. The van der Waals surface area contributed by atoms with Crippen molar-refractivity contribution in [2.24, 2.45) is 0 Å². The van der Waals surface area contributed by atoms with E-state index in [4.69, 9.17) is 14.2 Å². The molecule has 2 heterocycles. The minimum atomic E-state index is -0.912. The Bertz CT molecular complexity index is 506. The lowest BCUT2D eigenvalue weighted by molar-refractivity contribution is -0.100. The maximum Gasteiger partial charge on any atom is 0.409 e. The first-order chi connectivity index (χ1) is 11.0. The third kappa shape index (κ3) is 4.23. The monoisotopic (exact) mass is 343 g/mol. The lowest BCUT2D eigenvalue weighted by Gasteiger charge is -2.38. The van der Waals surface area contributed by atoms with Crippen molar-refractivity contribution in [3.63, 3.8) is 0 Å². The van der Waals surface area contributed by atoms with Gasteiger partial charge in [0, 0.05) is 38.6 Å². The number of thiophene rings is 1. The smallest absolute Gasteiger partial charge is 0.409 e. The fraction of sp³-hybridized carbons (Fsp3) is 0.688. The topological polar surface area (TPSA) is 68.2 Å². The lowest BCUT2D eigenvalue weighted by Crippen LogP contribution is -2.45. The molecular formula is C16H25NO5S. The van der Waals surface area contributed by atoms with Crippen LogP contribution in [0.15, 0.2) is 11.4 Å². The molecule has 7 heteroatoms. The molecule has 23 heavy (non-hydrogen) atoms. The summed E-state index contributed by atoms with van der Waals surface area (Å²) in [5.41, 5.74) is 0.00906. The maximum atomic E-state index is 11.8. The number of methoxy groups -OCH3 is 2. The molecule has 0 radical (unpaired) electrons. The molecule has 130 valence electrons. The lowest BCUT2D eigenvalue weighted by atomic mass is 9.84. The van der Waals surface area contributed by atoms with Crippen molar-refractivity contribution < 1.29 is 24.1 Å². The van der Waals surface area contributed by atoms with Crippen LogP contribution < -0.4 is 0 Å². The number of ether oxygens (including phenoxy) is 3. The number of carbonyl (C=O) groups is 1. The Morgan fingerprint density at radius 3 is 2.61 bits per heavy atom. The molecule has 1 fully saturated rings. The predicted molar refractivity (Wildman–Crippen MR) is 87.6 cm³/mol. The van der Waals surface area contributed by atoms with Crippen molar-refractivity contribution in [3.05, 3.63) is 21.9 Å². The number of hydrogen-bond acceptors (Lipinski definition) is 6. The summed E-state index contributed by atoms with van der Waals surface area (Å²) in [4.78, 5) is 14.5. The molecule has 1 aromatic heterocycles. The van der Waals surface area contributed by atoms with Gasteiger partial charge in [-0.2, -0.15) is 0 Å². The maximum absolute atomic E-state index is 11.8. The molecule has 0 atom stereocenters. The van der Waals surface area contributed by atoms with E-state index in [-0.39, 0.29) is 12.4 Å². The Kier molecular flexibility index (Phi) is 6.41. The second kappa shape index (κ2) is 8.10. The number of piperidine rings is 1. The number of nitrogens with zero attached hydrogens (tertiary/aromatic N) is 1. The molecular weight excluding hydrogens is 318 g/mol. The van der Waals surface area contributed by atoms with Gasteiger partial charge in [-0.05, 0) is 36.8 Å². The van der Waals surface area contributed by atoms with Crippen LogP contribution in [0.4, 0.5) is 4.79 Å². The second-order valence-electron chi connectivity index (χ2n) is 5.58. The van der Waals surface area contributed by atoms with E-state index in [2.05, 4.69) is 0 Å². The van der Waals surface area contributed by atoms with E-state index in [1.54, 1.807) is 37.4 Å². The Morgan fingerprint density at radius 1 is 1.39 bits per heavy atom. The zero-order valence-electron chi connectivity index (χ0n) is 13.9. The Hall–Kier alpha value is -1.15. The van der Waals surface area contributed by atoms with Gasteiger partial charge < -0.3 is 24.2 Å². The minimum Gasteiger partial charge on any atom is -0.450 e. The third-order valence-corrected chi connectivity index (χ3v) is 5.18. The minimum absolute atomic E-state index is 0.307. The van der Waals surface area contributed by atoms with Crippen molar-refractivity contribution in [2.45, 2.75) is 38.1 Å². The van der Waals surface area contributed by atoms with E-state index in [9.17, 15) is 9.90 Å². The Balaban J connectivity index is 2.05. The van der Waals surface area contributed by atoms with Gasteiger partial charge in [0.15, 0.2) is 6.29 Å². The molecule has 0 saturated carbocycles. The zero-order valence-corrected chi connectivity index (χ0v) is 14.7. The van der Waals surface area contributed by atoms with Gasteiger partial charge in [0.25, 0.3) is 0 Å². The average molecular weight is 343 g/mol. The van der Waals surface area contributed by atoms with E-state index in [0.717, 1.165) is 10.4 Å². The van der Waals surface area contributed by atoms with Gasteiger partial charge in [-0.25, -0.2) is 4.79 Å². The largest absolute Gasteiger partial charge is 0.450 e.